The first-order valence-corrected chi connectivity index (χ1v) is 8.46. The quantitative estimate of drug-likeness (QED) is 0.848. The maximum Gasteiger partial charge on any atom is 0.254 e. The van der Waals surface area contributed by atoms with Crippen LogP contribution in [0.15, 0.2) is 48.7 Å². The molecule has 0 radical (unpaired) electrons. The highest BCUT2D eigenvalue weighted by molar-refractivity contribution is 5.94. The van der Waals surface area contributed by atoms with Gasteiger partial charge in [-0.1, -0.05) is 19.1 Å². The van der Waals surface area contributed by atoms with Gasteiger partial charge in [-0.05, 0) is 36.8 Å². The van der Waals surface area contributed by atoms with E-state index in [-0.39, 0.29) is 5.91 Å². The first-order valence-electron chi connectivity index (χ1n) is 8.46. The number of rotatable bonds is 5. The Bertz CT molecular complexity index is 667. The van der Waals surface area contributed by atoms with Gasteiger partial charge in [0.25, 0.3) is 5.91 Å². The van der Waals surface area contributed by atoms with Crippen LogP contribution in [-0.4, -0.2) is 48.6 Å². The summed E-state index contributed by atoms with van der Waals surface area (Å²) in [7, 11) is 0. The fraction of sp³-hybridized carbons (Fsp3) is 0.368. The number of pyridine rings is 1. The van der Waals surface area contributed by atoms with Crippen LogP contribution in [0.1, 0.15) is 23.7 Å². The van der Waals surface area contributed by atoms with Gasteiger partial charge < -0.3 is 14.5 Å². The van der Waals surface area contributed by atoms with Crippen molar-refractivity contribution in [3.63, 3.8) is 0 Å². The molecule has 1 fully saturated rings. The molecule has 2 aromatic rings. The van der Waals surface area contributed by atoms with E-state index in [4.69, 9.17) is 4.74 Å². The summed E-state index contributed by atoms with van der Waals surface area (Å²) >= 11 is 0. The predicted octanol–water partition coefficient (Wildman–Crippen LogP) is 2.83. The lowest BCUT2D eigenvalue weighted by atomic mass is 10.1. The Labute approximate surface area is 142 Å². The molecule has 3 rings (SSSR count). The Morgan fingerprint density at radius 1 is 1.12 bits per heavy atom. The monoisotopic (exact) mass is 325 g/mol. The number of nitrogens with zero attached hydrogens (tertiary/aromatic N) is 3. The van der Waals surface area contributed by atoms with Gasteiger partial charge in [-0.25, -0.2) is 4.98 Å². The number of hydrogen-bond donors (Lipinski definition) is 0. The third-order valence-electron chi connectivity index (χ3n) is 4.09. The van der Waals surface area contributed by atoms with Crippen molar-refractivity contribution in [3.05, 3.63) is 54.2 Å². The van der Waals surface area contributed by atoms with Crippen LogP contribution in [0.2, 0.25) is 0 Å². The van der Waals surface area contributed by atoms with Crippen molar-refractivity contribution < 1.29 is 9.53 Å². The normalized spacial score (nSPS) is 14.5. The van der Waals surface area contributed by atoms with Gasteiger partial charge in [-0.15, -0.1) is 0 Å². The van der Waals surface area contributed by atoms with Crippen LogP contribution < -0.4 is 9.64 Å². The molecular formula is C19H23N3O2. The van der Waals surface area contributed by atoms with E-state index in [1.807, 2.05) is 47.4 Å². The van der Waals surface area contributed by atoms with Crippen molar-refractivity contribution in [2.24, 2.45) is 0 Å². The number of benzene rings is 1. The average Bonchev–Trinajstić information content (AvgIpc) is 2.67. The third kappa shape index (κ3) is 3.85. The van der Waals surface area contributed by atoms with Crippen LogP contribution in [0, 0.1) is 0 Å². The third-order valence-corrected chi connectivity index (χ3v) is 4.09. The maximum atomic E-state index is 12.7. The first kappa shape index (κ1) is 16.3. The van der Waals surface area contributed by atoms with Crippen LogP contribution in [0.5, 0.6) is 5.75 Å². The highest BCUT2D eigenvalue weighted by atomic mass is 16.5. The summed E-state index contributed by atoms with van der Waals surface area (Å²) in [6.45, 7) is 5.74. The molecule has 1 saturated heterocycles. The van der Waals surface area contributed by atoms with Crippen LogP contribution in [0.3, 0.4) is 0 Å². The molecule has 126 valence electrons. The molecule has 1 aliphatic rings. The second-order valence-corrected chi connectivity index (χ2v) is 5.84. The summed E-state index contributed by atoms with van der Waals surface area (Å²) in [5, 5.41) is 0. The van der Waals surface area contributed by atoms with Gasteiger partial charge in [-0.3, -0.25) is 4.79 Å². The van der Waals surface area contributed by atoms with E-state index in [1.54, 1.807) is 6.20 Å². The largest absolute Gasteiger partial charge is 0.494 e. The Hall–Kier alpha value is -2.56. The lowest BCUT2D eigenvalue weighted by Gasteiger charge is -2.35. The zero-order valence-electron chi connectivity index (χ0n) is 14.0. The number of carbonyl (C=O) groups is 1. The van der Waals surface area contributed by atoms with Crippen molar-refractivity contribution in [2.75, 3.05) is 37.7 Å². The molecule has 0 saturated carbocycles. The molecule has 0 N–H and O–H groups in total. The molecule has 1 aromatic heterocycles. The lowest BCUT2D eigenvalue weighted by molar-refractivity contribution is 0.0746. The van der Waals surface area contributed by atoms with Crippen molar-refractivity contribution in [1.82, 2.24) is 9.88 Å². The number of amides is 1. The second-order valence-electron chi connectivity index (χ2n) is 5.84. The molecule has 0 aliphatic carbocycles. The summed E-state index contributed by atoms with van der Waals surface area (Å²) in [6.07, 6.45) is 2.75. The average molecular weight is 325 g/mol. The number of anilines is 1. The minimum atomic E-state index is 0.0672. The van der Waals surface area contributed by atoms with Gasteiger partial charge in [0.2, 0.25) is 0 Å². The summed E-state index contributed by atoms with van der Waals surface area (Å²) < 4.78 is 5.62. The Morgan fingerprint density at radius 2 is 1.96 bits per heavy atom. The molecule has 1 aromatic carbocycles. The number of aromatic nitrogens is 1. The Kier molecular flexibility index (Phi) is 5.31. The summed E-state index contributed by atoms with van der Waals surface area (Å²) in [6, 6.07) is 13.4. The molecule has 0 spiro atoms. The van der Waals surface area contributed by atoms with E-state index in [0.29, 0.717) is 25.3 Å². The lowest BCUT2D eigenvalue weighted by Crippen LogP contribution is -2.49. The number of hydrogen-bond acceptors (Lipinski definition) is 4. The van der Waals surface area contributed by atoms with Gasteiger partial charge in [-0.2, -0.15) is 0 Å². The predicted molar refractivity (Wildman–Crippen MR) is 94.6 cm³/mol. The molecular weight excluding hydrogens is 302 g/mol. The van der Waals surface area contributed by atoms with Gasteiger partial charge >= 0.3 is 0 Å². The standard InChI is InChI=1S/C19H23N3O2/c1-2-14-24-17-7-5-6-16(15-17)19(23)22-12-10-21(11-13-22)18-8-3-4-9-20-18/h3-9,15H,2,10-14H2,1H3. The maximum absolute atomic E-state index is 12.7. The van der Waals surface area contributed by atoms with Gasteiger partial charge in [0, 0.05) is 37.9 Å². The number of piperazine rings is 1. The van der Waals surface area contributed by atoms with E-state index >= 15 is 0 Å². The highest BCUT2D eigenvalue weighted by Crippen LogP contribution is 2.18. The minimum absolute atomic E-state index is 0.0672. The molecule has 0 bridgehead atoms. The zero-order valence-corrected chi connectivity index (χ0v) is 14.0. The van der Waals surface area contributed by atoms with Crippen LogP contribution >= 0.6 is 0 Å². The van der Waals surface area contributed by atoms with E-state index in [2.05, 4.69) is 16.8 Å². The molecule has 2 heterocycles. The van der Waals surface area contributed by atoms with E-state index in [1.165, 1.54) is 0 Å². The smallest absolute Gasteiger partial charge is 0.254 e. The summed E-state index contributed by atoms with van der Waals surface area (Å²) in [5.41, 5.74) is 0.690. The first-order chi connectivity index (χ1) is 11.8. The Morgan fingerprint density at radius 3 is 2.67 bits per heavy atom. The number of carbonyl (C=O) groups excluding carboxylic acids is 1. The molecule has 24 heavy (non-hydrogen) atoms. The molecule has 5 heteroatoms. The molecule has 5 nitrogen and oxygen atoms in total. The number of ether oxygens (including phenoxy) is 1. The van der Waals surface area contributed by atoms with E-state index < -0.39 is 0 Å². The molecule has 0 unspecified atom stereocenters. The Balaban J connectivity index is 1.61. The van der Waals surface area contributed by atoms with Crippen LogP contribution in [-0.2, 0) is 0 Å². The van der Waals surface area contributed by atoms with E-state index in [0.717, 1.165) is 31.1 Å². The van der Waals surface area contributed by atoms with Crippen LogP contribution in [0.4, 0.5) is 5.82 Å². The van der Waals surface area contributed by atoms with Crippen molar-refractivity contribution >= 4 is 11.7 Å². The van der Waals surface area contributed by atoms with Gasteiger partial charge in [0.1, 0.15) is 11.6 Å². The fourth-order valence-electron chi connectivity index (χ4n) is 2.80. The zero-order chi connectivity index (χ0) is 16.8. The van der Waals surface area contributed by atoms with E-state index in [9.17, 15) is 4.79 Å². The molecule has 1 aliphatic heterocycles. The fourth-order valence-corrected chi connectivity index (χ4v) is 2.80. The molecule has 1 amide bonds. The van der Waals surface area contributed by atoms with Crippen LogP contribution in [0.25, 0.3) is 0 Å². The highest BCUT2D eigenvalue weighted by Gasteiger charge is 2.22. The van der Waals surface area contributed by atoms with Gasteiger partial charge in [0.05, 0.1) is 6.61 Å². The molecule has 0 atom stereocenters. The summed E-state index contributed by atoms with van der Waals surface area (Å²) in [5.74, 6) is 1.80. The second kappa shape index (κ2) is 7.81. The van der Waals surface area contributed by atoms with Crippen molar-refractivity contribution in [2.45, 2.75) is 13.3 Å². The SMILES string of the molecule is CCCOc1cccc(C(=O)N2CCN(c3ccccn3)CC2)c1. The van der Waals surface area contributed by atoms with Gasteiger partial charge in [0.15, 0.2) is 0 Å². The van der Waals surface area contributed by atoms with Crippen molar-refractivity contribution in [1.29, 1.82) is 0 Å². The van der Waals surface area contributed by atoms with Crippen molar-refractivity contribution in [3.8, 4) is 5.75 Å². The summed E-state index contributed by atoms with van der Waals surface area (Å²) in [4.78, 5) is 21.2. The minimum Gasteiger partial charge on any atom is -0.494 e. The topological polar surface area (TPSA) is 45.7 Å².